The second-order valence-electron chi connectivity index (χ2n) is 1.78. The summed E-state index contributed by atoms with van der Waals surface area (Å²) in [4.78, 5) is 12.9. The Kier molecular flexibility index (Phi) is 4.66. The van der Waals surface area contributed by atoms with E-state index in [1.54, 1.807) is 13.8 Å². The minimum absolute atomic E-state index is 0.186. The van der Waals surface area contributed by atoms with Gasteiger partial charge in [0.05, 0.1) is 5.55 Å². The maximum absolute atomic E-state index is 9.65. The molecule has 0 saturated heterocycles. The van der Waals surface area contributed by atoms with E-state index in [0.717, 1.165) is 17.3 Å². The first-order valence-corrected chi connectivity index (χ1v) is 3.55. The van der Waals surface area contributed by atoms with Gasteiger partial charge in [-0.25, -0.2) is 4.99 Å². The van der Waals surface area contributed by atoms with E-state index < -0.39 is 0 Å². The van der Waals surface area contributed by atoms with Gasteiger partial charge in [-0.1, -0.05) is 0 Å². The first-order chi connectivity index (χ1) is 4.68. The molecule has 56 valence electrons. The molecular formula is C6H9NO2S. The van der Waals surface area contributed by atoms with E-state index in [-0.39, 0.29) is 5.09 Å². The van der Waals surface area contributed by atoms with Gasteiger partial charge in [0.15, 0.2) is 5.09 Å². The van der Waals surface area contributed by atoms with Crippen LogP contribution < -0.4 is 0 Å². The highest BCUT2D eigenvalue weighted by Crippen LogP contribution is 2.12. The number of amides is 1. The number of carbonyl (C=O) groups excluding carboxylic acids is 1. The number of thioether (sulfide) groups is 1. The average Bonchev–Trinajstić information content (AvgIpc) is 1.88. The van der Waals surface area contributed by atoms with Crippen molar-refractivity contribution in [1.29, 1.82) is 0 Å². The normalized spacial score (nSPS) is 9.80. The van der Waals surface area contributed by atoms with Crippen molar-refractivity contribution in [3.8, 4) is 0 Å². The van der Waals surface area contributed by atoms with Crippen LogP contribution in [0, 0.1) is 0 Å². The second-order valence-corrected chi connectivity index (χ2v) is 2.62. The molecule has 0 aromatic carbocycles. The first-order valence-electron chi connectivity index (χ1n) is 2.67. The van der Waals surface area contributed by atoms with Gasteiger partial charge in [-0.15, -0.1) is 0 Å². The summed E-state index contributed by atoms with van der Waals surface area (Å²) in [5.74, 6) is 0. The zero-order valence-corrected chi connectivity index (χ0v) is 6.68. The molecule has 0 aliphatic carbocycles. The molecule has 0 rings (SSSR count). The summed E-state index contributed by atoms with van der Waals surface area (Å²) < 4.78 is 0. The average molecular weight is 159 g/mol. The van der Waals surface area contributed by atoms with E-state index in [4.69, 9.17) is 5.11 Å². The monoisotopic (exact) mass is 159 g/mol. The molecule has 3 nitrogen and oxygen atoms in total. The number of hydrogen-bond acceptors (Lipinski definition) is 3. The number of carbonyl (C=O) groups is 1. The van der Waals surface area contributed by atoms with Crippen LogP contribution in [0.4, 0.5) is 0 Å². The fourth-order valence-electron chi connectivity index (χ4n) is 0.223. The van der Waals surface area contributed by atoms with Gasteiger partial charge >= 0.3 is 0 Å². The van der Waals surface area contributed by atoms with Gasteiger partial charge in [-0.3, -0.25) is 4.79 Å². The fourth-order valence-corrected chi connectivity index (χ4v) is 0.669. The van der Waals surface area contributed by atoms with Crippen molar-refractivity contribution in [2.45, 2.75) is 13.8 Å². The Bertz CT molecular complexity index is 171. The first kappa shape index (κ1) is 9.23. The molecule has 1 amide bonds. The number of rotatable bonds is 3. The van der Waals surface area contributed by atoms with Crippen molar-refractivity contribution in [1.82, 2.24) is 0 Å². The third-order valence-electron chi connectivity index (χ3n) is 0.714. The smallest absolute Gasteiger partial charge is 0.233 e. The van der Waals surface area contributed by atoms with Crippen molar-refractivity contribution in [2.75, 3.05) is 0 Å². The standard InChI is InChI=1S/C6H9NO2S/c1-5(2)6(9)10-4-7-3-8/h3-4,9H,1-2H3. The lowest BCUT2D eigenvalue weighted by Crippen LogP contribution is -1.77. The highest BCUT2D eigenvalue weighted by atomic mass is 32.2. The van der Waals surface area contributed by atoms with Crippen LogP contribution in [0.2, 0.25) is 0 Å². The molecular weight excluding hydrogens is 150 g/mol. The maximum Gasteiger partial charge on any atom is 0.233 e. The molecule has 0 unspecified atom stereocenters. The molecule has 0 aromatic heterocycles. The number of allylic oxidation sites excluding steroid dienone is 1. The highest BCUT2D eigenvalue weighted by molar-refractivity contribution is 8.15. The Morgan fingerprint density at radius 1 is 1.60 bits per heavy atom. The van der Waals surface area contributed by atoms with Crippen molar-refractivity contribution in [2.24, 2.45) is 4.99 Å². The number of nitrogens with zero attached hydrogens (tertiary/aromatic N) is 1. The zero-order valence-electron chi connectivity index (χ0n) is 5.87. The Hall–Kier alpha value is -0.770. The summed E-state index contributed by atoms with van der Waals surface area (Å²) in [6, 6.07) is 0. The molecule has 0 radical (unpaired) electrons. The van der Waals surface area contributed by atoms with E-state index in [1.807, 2.05) is 0 Å². The molecule has 0 bridgehead atoms. The Balaban J connectivity index is 3.81. The zero-order chi connectivity index (χ0) is 7.98. The molecule has 0 aromatic rings. The van der Waals surface area contributed by atoms with E-state index >= 15 is 0 Å². The topological polar surface area (TPSA) is 49.7 Å². The van der Waals surface area contributed by atoms with Crippen LogP contribution in [0.15, 0.2) is 15.7 Å². The number of hydrogen-bond donors (Lipinski definition) is 1. The predicted molar refractivity (Wildman–Crippen MR) is 43.1 cm³/mol. The molecule has 0 aliphatic heterocycles. The number of aliphatic hydroxyl groups is 1. The summed E-state index contributed by atoms with van der Waals surface area (Å²) in [5.41, 5.74) is 2.09. The van der Waals surface area contributed by atoms with Crippen LogP contribution in [0.25, 0.3) is 0 Å². The third kappa shape index (κ3) is 4.14. The second kappa shape index (κ2) is 5.05. The molecule has 0 saturated carbocycles. The molecule has 4 heteroatoms. The van der Waals surface area contributed by atoms with Crippen molar-refractivity contribution in [3.05, 3.63) is 10.7 Å². The van der Waals surface area contributed by atoms with Gasteiger partial charge in [0.25, 0.3) is 0 Å². The largest absolute Gasteiger partial charge is 0.502 e. The molecule has 1 N–H and O–H groups in total. The van der Waals surface area contributed by atoms with Gasteiger partial charge in [-0.2, -0.15) is 0 Å². The predicted octanol–water partition coefficient (Wildman–Crippen LogP) is 1.71. The molecule has 0 aliphatic rings. The van der Waals surface area contributed by atoms with E-state index in [0.29, 0.717) is 6.41 Å². The number of aliphatic hydroxyl groups excluding tert-OH is 1. The van der Waals surface area contributed by atoms with Crippen molar-refractivity contribution < 1.29 is 9.90 Å². The third-order valence-corrected chi connectivity index (χ3v) is 1.57. The number of aliphatic imine (C=N–C) groups is 1. The lowest BCUT2D eigenvalue weighted by Gasteiger charge is -1.93. The van der Waals surface area contributed by atoms with Crippen LogP contribution in [0.1, 0.15) is 13.8 Å². The SMILES string of the molecule is CC(C)=C(O)SC=NC=O. The van der Waals surface area contributed by atoms with Crippen LogP contribution in [-0.2, 0) is 4.79 Å². The summed E-state index contributed by atoms with van der Waals surface area (Å²) in [5, 5.41) is 9.17. The summed E-state index contributed by atoms with van der Waals surface area (Å²) >= 11 is 1.02. The van der Waals surface area contributed by atoms with Crippen LogP contribution >= 0.6 is 11.8 Å². The minimum atomic E-state index is 0.186. The van der Waals surface area contributed by atoms with E-state index in [9.17, 15) is 4.79 Å². The fraction of sp³-hybridized carbons (Fsp3) is 0.333. The van der Waals surface area contributed by atoms with Crippen molar-refractivity contribution in [3.63, 3.8) is 0 Å². The summed E-state index contributed by atoms with van der Waals surface area (Å²) in [7, 11) is 0. The van der Waals surface area contributed by atoms with Crippen LogP contribution in [0.3, 0.4) is 0 Å². The summed E-state index contributed by atoms with van der Waals surface area (Å²) in [6.07, 6.45) is 0.422. The lowest BCUT2D eigenvalue weighted by atomic mass is 10.4. The van der Waals surface area contributed by atoms with E-state index in [2.05, 4.69) is 4.99 Å². The van der Waals surface area contributed by atoms with Gasteiger partial charge in [0.1, 0.15) is 0 Å². The lowest BCUT2D eigenvalue weighted by molar-refractivity contribution is -0.106. The van der Waals surface area contributed by atoms with Gasteiger partial charge in [0.2, 0.25) is 6.41 Å². The van der Waals surface area contributed by atoms with Crippen molar-refractivity contribution >= 4 is 23.7 Å². The Morgan fingerprint density at radius 3 is 2.60 bits per heavy atom. The quantitative estimate of drug-likeness (QED) is 0.295. The van der Waals surface area contributed by atoms with Crippen LogP contribution in [0.5, 0.6) is 0 Å². The van der Waals surface area contributed by atoms with E-state index in [1.165, 1.54) is 5.55 Å². The minimum Gasteiger partial charge on any atom is -0.502 e. The molecule has 0 spiro atoms. The molecule has 0 fully saturated rings. The maximum atomic E-state index is 9.65. The van der Waals surface area contributed by atoms with Gasteiger partial charge < -0.3 is 5.11 Å². The summed E-state index contributed by atoms with van der Waals surface area (Å²) in [6.45, 7) is 3.55. The van der Waals surface area contributed by atoms with Gasteiger partial charge in [0, 0.05) is 0 Å². The van der Waals surface area contributed by atoms with Gasteiger partial charge in [-0.05, 0) is 31.2 Å². The van der Waals surface area contributed by atoms with Crippen LogP contribution in [-0.4, -0.2) is 17.1 Å². The molecule has 10 heavy (non-hydrogen) atoms. The Morgan fingerprint density at radius 2 is 2.20 bits per heavy atom. The molecule has 0 heterocycles. The Labute approximate surface area is 63.8 Å². The highest BCUT2D eigenvalue weighted by Gasteiger charge is 1.91. The molecule has 0 atom stereocenters.